The van der Waals surface area contributed by atoms with Crippen molar-refractivity contribution < 1.29 is 24.2 Å². The summed E-state index contributed by atoms with van der Waals surface area (Å²) in [6.07, 6.45) is -1.18. The molecule has 0 fully saturated rings. The summed E-state index contributed by atoms with van der Waals surface area (Å²) in [5, 5.41) is 9.88. The first kappa shape index (κ1) is 14.1. The van der Waals surface area contributed by atoms with Gasteiger partial charge < -0.3 is 14.6 Å². The van der Waals surface area contributed by atoms with Gasteiger partial charge >= 0.3 is 5.97 Å². The quantitative estimate of drug-likeness (QED) is 0.521. The molecule has 0 amide bonds. The number of hydrogen-bond donors (Lipinski definition) is 1. The molecule has 0 spiro atoms. The molecule has 0 unspecified atom stereocenters. The summed E-state index contributed by atoms with van der Waals surface area (Å²) in [4.78, 5) is 22.6. The number of Topliss-reactive ketones (excluding diaryl/α,β-unsaturated/α-hetero) is 1. The first-order valence-corrected chi connectivity index (χ1v) is 6.18. The molecule has 0 radical (unpaired) electrons. The first-order chi connectivity index (χ1) is 9.31. The average Bonchev–Trinajstić information content (AvgIpc) is 2.66. The van der Waals surface area contributed by atoms with Gasteiger partial charge in [-0.3, -0.25) is 9.59 Å². The van der Waals surface area contributed by atoms with Gasteiger partial charge in [-0.25, -0.2) is 0 Å². The van der Waals surface area contributed by atoms with E-state index in [0.717, 1.165) is 0 Å². The summed E-state index contributed by atoms with van der Waals surface area (Å²) in [6.45, 7) is 8.23. The van der Waals surface area contributed by atoms with E-state index in [4.69, 9.17) is 9.47 Å². The molecule has 5 nitrogen and oxygen atoms in total. The van der Waals surface area contributed by atoms with E-state index < -0.39 is 18.2 Å². The number of esters is 1. The molecule has 1 aliphatic rings. The third-order valence-corrected chi connectivity index (χ3v) is 3.12. The zero-order chi connectivity index (χ0) is 15.0. The van der Waals surface area contributed by atoms with Crippen LogP contribution in [-0.2, 0) is 9.53 Å². The normalized spacial score (nSPS) is 19.9. The second kappa shape index (κ2) is 5.00. The lowest BCUT2D eigenvalue weighted by atomic mass is 9.99. The lowest BCUT2D eigenvalue weighted by Gasteiger charge is -2.18. The largest absolute Gasteiger partial charge is 0.507 e. The number of hydrogen-bond acceptors (Lipinski definition) is 5. The second-order valence-electron chi connectivity index (χ2n) is 4.88. The Balaban J connectivity index is 2.50. The van der Waals surface area contributed by atoms with Crippen molar-refractivity contribution in [2.75, 3.05) is 0 Å². The highest BCUT2D eigenvalue weighted by Crippen LogP contribution is 2.44. The standard InChI is InChI=1S/C15H16O5/c1-7(2)14-15(19-9(4)17)11-5-12(18)10(8(3)16)6-13(11)20-14/h5-6,14-15,18H,1H2,2-4H3/t14-,15+/m0/s1. The lowest BCUT2D eigenvalue weighted by Crippen LogP contribution is -2.23. The lowest BCUT2D eigenvalue weighted by molar-refractivity contribution is -0.149. The topological polar surface area (TPSA) is 72.8 Å². The number of carbonyl (C=O) groups excluding carboxylic acids is 2. The van der Waals surface area contributed by atoms with Gasteiger partial charge in [0.05, 0.1) is 5.56 Å². The molecular formula is C15H16O5. The summed E-state index contributed by atoms with van der Waals surface area (Å²) < 4.78 is 10.9. The number of carbonyl (C=O) groups is 2. The minimum atomic E-state index is -0.660. The van der Waals surface area contributed by atoms with E-state index >= 15 is 0 Å². The predicted octanol–water partition coefficient (Wildman–Crippen LogP) is 2.54. The Labute approximate surface area is 116 Å². The smallest absolute Gasteiger partial charge is 0.303 e. The van der Waals surface area contributed by atoms with Gasteiger partial charge in [0.2, 0.25) is 0 Å². The van der Waals surface area contributed by atoms with Crippen LogP contribution in [-0.4, -0.2) is 23.0 Å². The molecule has 106 valence electrons. The monoisotopic (exact) mass is 276 g/mol. The summed E-state index contributed by atoms with van der Waals surface area (Å²) in [6, 6.07) is 2.87. The van der Waals surface area contributed by atoms with E-state index in [-0.39, 0.29) is 17.1 Å². The van der Waals surface area contributed by atoms with Crippen LogP contribution in [0.4, 0.5) is 0 Å². The van der Waals surface area contributed by atoms with E-state index in [0.29, 0.717) is 16.9 Å². The molecule has 1 aliphatic heterocycles. The summed E-state index contributed by atoms with van der Waals surface area (Å²) in [7, 11) is 0. The molecule has 1 aromatic carbocycles. The Morgan fingerprint density at radius 3 is 2.45 bits per heavy atom. The second-order valence-corrected chi connectivity index (χ2v) is 4.88. The number of ketones is 1. The number of phenolic OH excluding ortho intramolecular Hbond substituents is 1. The molecule has 0 aliphatic carbocycles. The number of benzene rings is 1. The highest BCUT2D eigenvalue weighted by Gasteiger charge is 2.38. The van der Waals surface area contributed by atoms with Gasteiger partial charge in [0.15, 0.2) is 18.0 Å². The van der Waals surface area contributed by atoms with E-state index in [1.54, 1.807) is 6.92 Å². The maximum Gasteiger partial charge on any atom is 0.303 e. The van der Waals surface area contributed by atoms with Crippen LogP contribution in [0.1, 0.15) is 42.8 Å². The molecular weight excluding hydrogens is 260 g/mol. The van der Waals surface area contributed by atoms with E-state index in [1.165, 1.54) is 26.0 Å². The molecule has 2 atom stereocenters. The molecule has 0 aromatic heterocycles. The van der Waals surface area contributed by atoms with Crippen LogP contribution < -0.4 is 4.74 Å². The van der Waals surface area contributed by atoms with Crippen molar-refractivity contribution in [1.29, 1.82) is 0 Å². The van der Waals surface area contributed by atoms with Crippen LogP contribution >= 0.6 is 0 Å². The molecule has 2 rings (SSSR count). The summed E-state index contributed by atoms with van der Waals surface area (Å²) in [5.41, 5.74) is 1.40. The van der Waals surface area contributed by atoms with Gasteiger partial charge in [0.1, 0.15) is 11.5 Å². The Kier molecular flexibility index (Phi) is 3.53. The third-order valence-electron chi connectivity index (χ3n) is 3.12. The van der Waals surface area contributed by atoms with Crippen molar-refractivity contribution in [2.24, 2.45) is 0 Å². The molecule has 0 saturated carbocycles. The molecule has 5 heteroatoms. The van der Waals surface area contributed by atoms with Crippen LogP contribution in [0, 0.1) is 0 Å². The molecule has 1 aromatic rings. The Bertz CT molecular complexity index is 603. The van der Waals surface area contributed by atoms with Crippen molar-refractivity contribution in [3.8, 4) is 11.5 Å². The van der Waals surface area contributed by atoms with Crippen molar-refractivity contribution in [3.05, 3.63) is 35.4 Å². The molecule has 20 heavy (non-hydrogen) atoms. The van der Waals surface area contributed by atoms with Crippen molar-refractivity contribution in [3.63, 3.8) is 0 Å². The Morgan fingerprint density at radius 2 is 1.95 bits per heavy atom. The number of ether oxygens (including phenoxy) is 2. The maximum atomic E-state index is 11.4. The van der Waals surface area contributed by atoms with Crippen LogP contribution in [0.2, 0.25) is 0 Å². The van der Waals surface area contributed by atoms with Gasteiger partial charge in [-0.05, 0) is 31.6 Å². The molecule has 0 saturated heterocycles. The van der Waals surface area contributed by atoms with E-state index in [2.05, 4.69) is 6.58 Å². The summed E-state index contributed by atoms with van der Waals surface area (Å²) in [5.74, 6) is -0.448. The highest BCUT2D eigenvalue weighted by atomic mass is 16.6. The number of aromatic hydroxyl groups is 1. The first-order valence-electron chi connectivity index (χ1n) is 6.18. The summed E-state index contributed by atoms with van der Waals surface area (Å²) >= 11 is 0. The van der Waals surface area contributed by atoms with E-state index in [1.807, 2.05) is 0 Å². The zero-order valence-electron chi connectivity index (χ0n) is 11.6. The van der Waals surface area contributed by atoms with Crippen molar-refractivity contribution in [1.82, 2.24) is 0 Å². The maximum absolute atomic E-state index is 11.4. The third kappa shape index (κ3) is 2.39. The van der Waals surface area contributed by atoms with Gasteiger partial charge in [-0.15, -0.1) is 0 Å². The molecule has 1 N–H and O–H groups in total. The zero-order valence-corrected chi connectivity index (χ0v) is 11.6. The number of phenols is 1. The van der Waals surface area contributed by atoms with Crippen molar-refractivity contribution >= 4 is 11.8 Å². The van der Waals surface area contributed by atoms with Crippen molar-refractivity contribution in [2.45, 2.75) is 33.0 Å². The Morgan fingerprint density at radius 1 is 1.30 bits per heavy atom. The Hall–Kier alpha value is -2.30. The van der Waals surface area contributed by atoms with Gasteiger partial charge in [-0.2, -0.15) is 0 Å². The number of rotatable bonds is 3. The average molecular weight is 276 g/mol. The van der Waals surface area contributed by atoms with Gasteiger partial charge in [0.25, 0.3) is 0 Å². The van der Waals surface area contributed by atoms with Gasteiger partial charge in [0, 0.05) is 12.5 Å². The van der Waals surface area contributed by atoms with Crippen LogP contribution in [0.3, 0.4) is 0 Å². The fraction of sp³-hybridized carbons (Fsp3) is 0.333. The van der Waals surface area contributed by atoms with E-state index in [9.17, 15) is 14.7 Å². The van der Waals surface area contributed by atoms with Crippen LogP contribution in [0.5, 0.6) is 11.5 Å². The minimum absolute atomic E-state index is 0.153. The molecule has 0 bridgehead atoms. The molecule has 1 heterocycles. The predicted molar refractivity (Wildman–Crippen MR) is 71.8 cm³/mol. The fourth-order valence-electron chi connectivity index (χ4n) is 2.22. The highest BCUT2D eigenvalue weighted by molar-refractivity contribution is 5.97. The SMILES string of the molecule is C=C(C)[C@@H]1Oc2cc(C(C)=O)c(O)cc2[C@H]1OC(C)=O. The number of fused-ring (bicyclic) bond motifs is 1. The minimum Gasteiger partial charge on any atom is -0.507 e. The van der Waals surface area contributed by atoms with Gasteiger partial charge in [-0.1, -0.05) is 6.58 Å². The fourth-order valence-corrected chi connectivity index (χ4v) is 2.22. The van der Waals surface area contributed by atoms with Crippen LogP contribution in [0.25, 0.3) is 0 Å². The van der Waals surface area contributed by atoms with Crippen LogP contribution in [0.15, 0.2) is 24.3 Å².